The zero-order valence-corrected chi connectivity index (χ0v) is 14.5. The van der Waals surface area contributed by atoms with Crippen molar-refractivity contribution < 1.29 is 24.4 Å². The molecule has 0 aromatic rings. The second-order valence-corrected chi connectivity index (χ2v) is 6.91. The monoisotopic (exact) mass is 330 g/mol. The highest BCUT2D eigenvalue weighted by Crippen LogP contribution is 2.26. The highest BCUT2D eigenvalue weighted by molar-refractivity contribution is 4.90. The lowest BCUT2D eigenvalue weighted by Gasteiger charge is -2.20. The van der Waals surface area contributed by atoms with E-state index in [-0.39, 0.29) is 19.0 Å². The van der Waals surface area contributed by atoms with Crippen molar-refractivity contribution in [3.05, 3.63) is 0 Å². The van der Waals surface area contributed by atoms with Crippen molar-refractivity contribution in [3.63, 3.8) is 0 Å². The molecular weight excluding hydrogens is 296 g/mol. The van der Waals surface area contributed by atoms with Gasteiger partial charge in [0.05, 0.1) is 13.2 Å². The van der Waals surface area contributed by atoms with E-state index in [1.54, 1.807) is 0 Å². The summed E-state index contributed by atoms with van der Waals surface area (Å²) in [5.74, 6) is 0. The standard InChI is InChI=1S/C18H34O5/c1-2-3-4-5-6-7-8-9-10-11-16-21-13-15(23-16)18-17(20)14(19)12-22-18/h14-20H,2-13H2,1H3/t14-,15?,16?,17?,18?/m1/s1. The Hall–Kier alpha value is -0.200. The molecule has 0 aromatic heterocycles. The van der Waals surface area contributed by atoms with Gasteiger partial charge in [-0.25, -0.2) is 0 Å². The highest BCUT2D eigenvalue weighted by atomic mass is 16.7. The summed E-state index contributed by atoms with van der Waals surface area (Å²) in [5, 5.41) is 19.4. The maximum atomic E-state index is 9.84. The van der Waals surface area contributed by atoms with Crippen LogP contribution in [-0.2, 0) is 14.2 Å². The van der Waals surface area contributed by atoms with Gasteiger partial charge in [-0.1, -0.05) is 58.3 Å². The minimum absolute atomic E-state index is 0.175. The van der Waals surface area contributed by atoms with Gasteiger partial charge in [-0.05, 0) is 12.8 Å². The predicted molar refractivity (Wildman–Crippen MR) is 88.2 cm³/mol. The maximum Gasteiger partial charge on any atom is 0.158 e. The normalized spacial score (nSPS) is 34.3. The molecule has 0 saturated carbocycles. The van der Waals surface area contributed by atoms with E-state index < -0.39 is 18.3 Å². The molecule has 2 heterocycles. The fraction of sp³-hybridized carbons (Fsp3) is 1.00. The number of aliphatic hydroxyl groups is 2. The van der Waals surface area contributed by atoms with Crippen molar-refractivity contribution in [1.29, 1.82) is 0 Å². The van der Waals surface area contributed by atoms with Gasteiger partial charge in [-0.2, -0.15) is 0 Å². The van der Waals surface area contributed by atoms with Gasteiger partial charge in [0.25, 0.3) is 0 Å². The third kappa shape index (κ3) is 6.31. The van der Waals surface area contributed by atoms with Crippen LogP contribution in [0.2, 0.25) is 0 Å². The Morgan fingerprint density at radius 1 is 0.826 bits per heavy atom. The first-order chi connectivity index (χ1) is 11.2. The first-order valence-electron chi connectivity index (χ1n) is 9.47. The Bertz CT molecular complexity index is 312. The van der Waals surface area contributed by atoms with Gasteiger partial charge in [0.2, 0.25) is 0 Å². The molecule has 0 aliphatic carbocycles. The molecule has 0 aromatic carbocycles. The fourth-order valence-corrected chi connectivity index (χ4v) is 3.37. The molecule has 2 aliphatic rings. The molecule has 2 N–H and O–H groups in total. The Labute approximate surface area is 140 Å². The summed E-state index contributed by atoms with van der Waals surface area (Å²) < 4.78 is 16.9. The lowest BCUT2D eigenvalue weighted by molar-refractivity contribution is -0.103. The Morgan fingerprint density at radius 2 is 1.48 bits per heavy atom. The molecule has 2 rings (SSSR count). The average molecular weight is 330 g/mol. The van der Waals surface area contributed by atoms with Crippen LogP contribution >= 0.6 is 0 Å². The average Bonchev–Trinajstić information content (AvgIpc) is 3.13. The van der Waals surface area contributed by atoms with Gasteiger partial charge in [0.1, 0.15) is 24.4 Å². The predicted octanol–water partition coefficient (Wildman–Crippen LogP) is 2.77. The van der Waals surface area contributed by atoms with Crippen LogP contribution in [0.15, 0.2) is 0 Å². The van der Waals surface area contributed by atoms with Crippen molar-refractivity contribution in [2.45, 2.75) is 102 Å². The molecule has 23 heavy (non-hydrogen) atoms. The van der Waals surface area contributed by atoms with E-state index in [9.17, 15) is 10.2 Å². The quantitative estimate of drug-likeness (QED) is 0.570. The SMILES string of the molecule is CCCCCCCCCCCC1OCC(C2OC[C@@H](O)C2O)O1. The van der Waals surface area contributed by atoms with Crippen molar-refractivity contribution in [2.75, 3.05) is 13.2 Å². The smallest absolute Gasteiger partial charge is 0.158 e. The maximum absolute atomic E-state index is 9.84. The van der Waals surface area contributed by atoms with E-state index in [1.807, 2.05) is 0 Å². The molecule has 0 bridgehead atoms. The zero-order valence-electron chi connectivity index (χ0n) is 14.5. The van der Waals surface area contributed by atoms with E-state index >= 15 is 0 Å². The van der Waals surface area contributed by atoms with Crippen LogP contribution in [0.5, 0.6) is 0 Å². The summed E-state index contributed by atoms with van der Waals surface area (Å²) >= 11 is 0. The Balaban J connectivity index is 1.47. The van der Waals surface area contributed by atoms with Crippen LogP contribution in [0.1, 0.15) is 71.1 Å². The molecule has 2 aliphatic heterocycles. The lowest BCUT2D eigenvalue weighted by Crippen LogP contribution is -2.39. The molecule has 4 unspecified atom stereocenters. The molecule has 0 spiro atoms. The second-order valence-electron chi connectivity index (χ2n) is 6.91. The zero-order chi connectivity index (χ0) is 16.5. The van der Waals surface area contributed by atoms with Crippen LogP contribution in [-0.4, -0.2) is 54.1 Å². The molecule has 0 amide bonds. The molecule has 0 radical (unpaired) electrons. The van der Waals surface area contributed by atoms with Crippen LogP contribution in [0.3, 0.4) is 0 Å². The van der Waals surface area contributed by atoms with Crippen molar-refractivity contribution in [2.24, 2.45) is 0 Å². The van der Waals surface area contributed by atoms with Crippen LogP contribution in [0, 0.1) is 0 Å². The van der Waals surface area contributed by atoms with Gasteiger partial charge in [0.15, 0.2) is 6.29 Å². The Morgan fingerprint density at radius 3 is 2.09 bits per heavy atom. The minimum atomic E-state index is -0.866. The molecular formula is C18H34O5. The molecule has 2 fully saturated rings. The van der Waals surface area contributed by atoms with Crippen LogP contribution in [0.25, 0.3) is 0 Å². The van der Waals surface area contributed by atoms with Crippen LogP contribution < -0.4 is 0 Å². The summed E-state index contributed by atoms with van der Waals surface area (Å²) in [5.41, 5.74) is 0. The van der Waals surface area contributed by atoms with E-state index in [2.05, 4.69) is 6.92 Å². The summed E-state index contributed by atoms with van der Waals surface area (Å²) in [6.07, 6.45) is 10.1. The van der Waals surface area contributed by atoms with E-state index in [0.29, 0.717) is 6.61 Å². The first-order valence-corrected chi connectivity index (χ1v) is 9.47. The fourth-order valence-electron chi connectivity index (χ4n) is 3.37. The Kier molecular flexibility index (Phi) is 8.83. The van der Waals surface area contributed by atoms with Crippen molar-refractivity contribution >= 4 is 0 Å². The first kappa shape index (κ1) is 19.1. The van der Waals surface area contributed by atoms with Gasteiger partial charge in [-0.15, -0.1) is 0 Å². The summed E-state index contributed by atoms with van der Waals surface area (Å²) in [4.78, 5) is 0. The summed E-state index contributed by atoms with van der Waals surface area (Å²) in [6, 6.07) is 0. The third-order valence-corrected chi connectivity index (χ3v) is 4.87. The molecule has 2 saturated heterocycles. The van der Waals surface area contributed by atoms with E-state index in [1.165, 1.54) is 51.4 Å². The molecule has 136 valence electrons. The minimum Gasteiger partial charge on any atom is -0.388 e. The number of ether oxygens (including phenoxy) is 3. The number of rotatable bonds is 11. The van der Waals surface area contributed by atoms with Crippen molar-refractivity contribution in [3.8, 4) is 0 Å². The number of aliphatic hydroxyl groups excluding tert-OH is 2. The lowest BCUT2D eigenvalue weighted by atomic mass is 10.1. The molecule has 5 atom stereocenters. The van der Waals surface area contributed by atoms with Crippen molar-refractivity contribution in [1.82, 2.24) is 0 Å². The highest BCUT2D eigenvalue weighted by Gasteiger charge is 2.43. The molecule has 5 nitrogen and oxygen atoms in total. The van der Waals surface area contributed by atoms with Gasteiger partial charge in [0, 0.05) is 0 Å². The summed E-state index contributed by atoms with van der Waals surface area (Å²) in [7, 11) is 0. The van der Waals surface area contributed by atoms with Crippen LogP contribution in [0.4, 0.5) is 0 Å². The third-order valence-electron chi connectivity index (χ3n) is 4.87. The number of hydrogen-bond donors (Lipinski definition) is 2. The van der Waals surface area contributed by atoms with Gasteiger partial charge in [-0.3, -0.25) is 0 Å². The number of hydrogen-bond acceptors (Lipinski definition) is 5. The second kappa shape index (κ2) is 10.6. The van der Waals surface area contributed by atoms with E-state index in [4.69, 9.17) is 14.2 Å². The van der Waals surface area contributed by atoms with Gasteiger partial charge >= 0.3 is 0 Å². The van der Waals surface area contributed by atoms with E-state index in [0.717, 1.165) is 12.8 Å². The largest absolute Gasteiger partial charge is 0.388 e. The van der Waals surface area contributed by atoms with Gasteiger partial charge < -0.3 is 24.4 Å². The number of unbranched alkanes of at least 4 members (excludes halogenated alkanes) is 8. The molecule has 5 heteroatoms. The topological polar surface area (TPSA) is 68.2 Å². The summed E-state index contributed by atoms with van der Waals surface area (Å²) in [6.45, 7) is 2.87.